The number of nitrogens with one attached hydrogen (secondary N) is 4. The van der Waals surface area contributed by atoms with Crippen LogP contribution in [-0.2, 0) is 38.4 Å². The molecule has 0 radical (unpaired) electrons. The van der Waals surface area contributed by atoms with E-state index in [1.165, 1.54) is 68.8 Å². The fourth-order valence-electron chi connectivity index (χ4n) is 6.55. The van der Waals surface area contributed by atoms with E-state index >= 15 is 0 Å². The number of aryl methyl sites for hydroxylation is 3. The van der Waals surface area contributed by atoms with Gasteiger partial charge in [0.15, 0.2) is 11.6 Å². The topological polar surface area (TPSA) is 218 Å². The number of halogens is 5. The number of nitrogens with zero attached hydrogens (tertiary/aromatic N) is 4. The van der Waals surface area contributed by atoms with Gasteiger partial charge in [-0.25, -0.2) is 0 Å². The summed E-state index contributed by atoms with van der Waals surface area (Å²) in [6.07, 6.45) is 1.33. The first kappa shape index (κ1) is 53.5. The summed E-state index contributed by atoms with van der Waals surface area (Å²) in [5, 5.41) is 26.8. The van der Waals surface area contributed by atoms with E-state index in [1.807, 2.05) is 12.1 Å². The molecule has 2 unspecified atom stereocenters. The van der Waals surface area contributed by atoms with Gasteiger partial charge in [0.05, 0.1) is 46.8 Å². The van der Waals surface area contributed by atoms with E-state index < -0.39 is 47.3 Å². The fourth-order valence-corrected chi connectivity index (χ4v) is 7.69. The Bertz CT molecular complexity index is 2810. The molecule has 0 aliphatic heterocycles. The number of rotatable bonds is 22. The molecule has 0 saturated heterocycles. The molecule has 69 heavy (non-hydrogen) atoms. The molecule has 0 aliphatic carbocycles. The Hall–Kier alpha value is -6.43. The van der Waals surface area contributed by atoms with Crippen molar-refractivity contribution < 1.29 is 38.2 Å². The number of carbonyl (C=O) groups excluding carboxylic acids is 6. The predicted molar refractivity (Wildman–Crippen MR) is 270 cm³/mol. The molecule has 0 heterocycles. The highest BCUT2D eigenvalue weighted by Crippen LogP contribution is 2.34. The van der Waals surface area contributed by atoms with Gasteiger partial charge in [-0.15, -0.1) is 34.8 Å². The highest BCUT2D eigenvalue weighted by atomic mass is 35.5. The molecular formula is C48H45Cl5N8O8. The molecule has 4 N–H and O–H groups in total. The summed E-state index contributed by atoms with van der Waals surface area (Å²) in [6, 6.07) is 20.6. The van der Waals surface area contributed by atoms with Crippen molar-refractivity contribution in [1.82, 2.24) is 0 Å². The Kier molecular flexibility index (Phi) is 20.0. The van der Waals surface area contributed by atoms with Gasteiger partial charge in [-0.2, -0.15) is 20.5 Å². The Balaban J connectivity index is 1.29. The largest absolute Gasteiger partial charge is 0.495 e. The van der Waals surface area contributed by atoms with Crippen LogP contribution in [0.4, 0.5) is 34.1 Å². The molecule has 0 fully saturated rings. The lowest BCUT2D eigenvalue weighted by Crippen LogP contribution is -2.32. The normalized spacial score (nSPS) is 12.0. The van der Waals surface area contributed by atoms with E-state index in [0.717, 1.165) is 25.0 Å². The minimum atomic E-state index is -1.64. The van der Waals surface area contributed by atoms with Crippen LogP contribution >= 0.6 is 58.0 Å². The van der Waals surface area contributed by atoms with Crippen LogP contribution in [0, 0.1) is 0 Å². The summed E-state index contributed by atoms with van der Waals surface area (Å²) in [5.74, 6) is -2.47. The second kappa shape index (κ2) is 25.8. The van der Waals surface area contributed by atoms with E-state index in [9.17, 15) is 28.8 Å². The summed E-state index contributed by atoms with van der Waals surface area (Å²) >= 11 is 31.1. The quantitative estimate of drug-likeness (QED) is 0.0296. The lowest BCUT2D eigenvalue weighted by molar-refractivity contribution is -0.127. The highest BCUT2D eigenvalue weighted by molar-refractivity contribution is 6.37. The van der Waals surface area contributed by atoms with Gasteiger partial charge >= 0.3 is 0 Å². The molecule has 0 aliphatic rings. The van der Waals surface area contributed by atoms with Crippen molar-refractivity contribution in [3.05, 3.63) is 129 Å². The standard InChI is InChI=1S/C48H45Cl5N8O8/c1-26(62)43(60-58-35-9-5-7-32(41(35)52)45(64)56-37-23-28(17-20-49)11-15-39(37)68-3)47(66)54-31-13-14-34(30(25-31)19-22-51)55-48(67)44(27(2)63)61-59-36-10-6-8-33(42(36)53)46(65)57-38-24-29(18-21-50)12-16-40(38)69-4/h5-16,23-25,43-44H,17-22H2,1-4H3,(H,54,66)(H,55,67)(H,56,64)(H,57,65). The van der Waals surface area contributed by atoms with Crippen LogP contribution in [0.25, 0.3) is 0 Å². The summed E-state index contributed by atoms with van der Waals surface area (Å²) in [7, 11) is 2.93. The average molecular weight is 1040 g/mol. The molecule has 16 nitrogen and oxygen atoms in total. The minimum Gasteiger partial charge on any atom is -0.495 e. The van der Waals surface area contributed by atoms with Crippen molar-refractivity contribution in [3.8, 4) is 11.5 Å². The number of carbonyl (C=O) groups is 6. The smallest absolute Gasteiger partial charge is 0.258 e. The van der Waals surface area contributed by atoms with Crippen LogP contribution < -0.4 is 30.7 Å². The molecule has 0 saturated carbocycles. The van der Waals surface area contributed by atoms with Gasteiger partial charge in [0.1, 0.15) is 22.9 Å². The second-order valence-electron chi connectivity index (χ2n) is 14.9. The van der Waals surface area contributed by atoms with Crippen LogP contribution in [0.15, 0.2) is 111 Å². The molecular weight excluding hydrogens is 994 g/mol. The molecule has 21 heteroatoms. The van der Waals surface area contributed by atoms with Gasteiger partial charge in [-0.1, -0.05) is 47.5 Å². The van der Waals surface area contributed by atoms with Crippen molar-refractivity contribution >= 4 is 127 Å². The van der Waals surface area contributed by atoms with Gasteiger partial charge in [0, 0.05) is 29.0 Å². The summed E-state index contributed by atoms with van der Waals surface area (Å²) < 4.78 is 10.8. The first-order valence-electron chi connectivity index (χ1n) is 20.9. The minimum absolute atomic E-state index is 0.0131. The molecule has 360 valence electrons. The molecule has 0 spiro atoms. The van der Waals surface area contributed by atoms with Crippen molar-refractivity contribution in [2.45, 2.75) is 45.2 Å². The first-order valence-corrected chi connectivity index (χ1v) is 23.3. The number of hydrogen-bond donors (Lipinski definition) is 4. The van der Waals surface area contributed by atoms with Crippen molar-refractivity contribution in [2.75, 3.05) is 53.1 Å². The lowest BCUT2D eigenvalue weighted by Gasteiger charge is -2.16. The number of ketones is 2. The number of alkyl halides is 3. The molecule has 5 aromatic rings. The number of methoxy groups -OCH3 is 2. The number of ether oxygens (including phenoxy) is 2. The predicted octanol–water partition coefficient (Wildman–Crippen LogP) is 11.2. The highest BCUT2D eigenvalue weighted by Gasteiger charge is 2.27. The maximum absolute atomic E-state index is 13.6. The van der Waals surface area contributed by atoms with E-state index in [0.29, 0.717) is 53.0 Å². The van der Waals surface area contributed by atoms with Gasteiger partial charge < -0.3 is 30.7 Å². The number of amides is 4. The van der Waals surface area contributed by atoms with E-state index in [-0.39, 0.29) is 56.2 Å². The fraction of sp³-hybridized carbons (Fsp3) is 0.250. The summed E-state index contributed by atoms with van der Waals surface area (Å²) in [6.45, 7) is 2.32. The van der Waals surface area contributed by atoms with E-state index in [4.69, 9.17) is 67.5 Å². The molecule has 2 atom stereocenters. The summed E-state index contributed by atoms with van der Waals surface area (Å²) in [5.41, 5.74) is 3.55. The Morgan fingerprint density at radius 1 is 0.536 bits per heavy atom. The van der Waals surface area contributed by atoms with Crippen LogP contribution in [0.5, 0.6) is 11.5 Å². The SMILES string of the molecule is COc1ccc(CCCl)cc1NC(=O)c1cccc(N=NC(C(C)=O)C(=O)Nc2ccc(NC(=O)C(N=Nc3cccc(C(=O)Nc4cc(CCCl)ccc4OC)c3Cl)C(C)=O)c(CCCl)c2)c1Cl. The van der Waals surface area contributed by atoms with Gasteiger partial charge in [0.25, 0.3) is 23.6 Å². The third kappa shape index (κ3) is 14.3. The molecule has 4 amide bonds. The van der Waals surface area contributed by atoms with Gasteiger partial charge in [-0.05, 0) is 117 Å². The zero-order valence-corrected chi connectivity index (χ0v) is 41.3. The summed E-state index contributed by atoms with van der Waals surface area (Å²) in [4.78, 5) is 79.2. The lowest BCUT2D eigenvalue weighted by atomic mass is 10.1. The van der Waals surface area contributed by atoms with E-state index in [1.54, 1.807) is 24.3 Å². The number of azo groups is 2. The second-order valence-corrected chi connectivity index (χ2v) is 16.8. The van der Waals surface area contributed by atoms with Crippen molar-refractivity contribution in [3.63, 3.8) is 0 Å². The molecule has 0 aromatic heterocycles. The molecule has 5 rings (SSSR count). The zero-order valence-electron chi connectivity index (χ0n) is 37.5. The van der Waals surface area contributed by atoms with Crippen LogP contribution in [0.3, 0.4) is 0 Å². The van der Waals surface area contributed by atoms with Crippen LogP contribution in [0.1, 0.15) is 51.3 Å². The number of benzene rings is 5. The van der Waals surface area contributed by atoms with Crippen molar-refractivity contribution in [2.24, 2.45) is 20.5 Å². The number of Topliss-reactive ketones (excluding diaryl/α,β-unsaturated/α-hetero) is 2. The monoisotopic (exact) mass is 1040 g/mol. The van der Waals surface area contributed by atoms with E-state index in [2.05, 4.69) is 41.7 Å². The Labute approximate surface area is 422 Å². The first-order chi connectivity index (χ1) is 33.1. The molecule has 0 bridgehead atoms. The molecule has 5 aromatic carbocycles. The Morgan fingerprint density at radius 2 is 0.986 bits per heavy atom. The van der Waals surface area contributed by atoms with Crippen LogP contribution in [-0.4, -0.2) is 79.1 Å². The Morgan fingerprint density at radius 3 is 1.41 bits per heavy atom. The zero-order chi connectivity index (χ0) is 50.2. The van der Waals surface area contributed by atoms with Crippen molar-refractivity contribution in [1.29, 1.82) is 0 Å². The number of anilines is 4. The maximum atomic E-state index is 13.6. The van der Waals surface area contributed by atoms with Crippen LogP contribution in [0.2, 0.25) is 10.0 Å². The third-order valence-electron chi connectivity index (χ3n) is 10.1. The third-order valence-corrected chi connectivity index (χ3v) is 11.4. The van der Waals surface area contributed by atoms with Gasteiger partial charge in [0.2, 0.25) is 12.1 Å². The number of hydrogen-bond acceptors (Lipinski definition) is 12. The maximum Gasteiger partial charge on any atom is 0.258 e. The van der Waals surface area contributed by atoms with Gasteiger partial charge in [-0.3, -0.25) is 28.8 Å². The average Bonchev–Trinajstić information content (AvgIpc) is 3.31.